The molecule has 0 aromatic carbocycles. The first-order valence-corrected chi connectivity index (χ1v) is 5.38. The van der Waals surface area contributed by atoms with E-state index in [1.165, 1.54) is 0 Å². The smallest absolute Gasteiger partial charge is 0.222 e. The van der Waals surface area contributed by atoms with Crippen molar-refractivity contribution >= 4 is 5.91 Å². The van der Waals surface area contributed by atoms with Gasteiger partial charge in [-0.3, -0.25) is 4.79 Å². The van der Waals surface area contributed by atoms with Crippen molar-refractivity contribution in [3.63, 3.8) is 0 Å². The summed E-state index contributed by atoms with van der Waals surface area (Å²) in [6.07, 6.45) is 3.53. The molecule has 0 aromatic rings. The maximum Gasteiger partial charge on any atom is 0.222 e. The van der Waals surface area contributed by atoms with Crippen molar-refractivity contribution in [2.24, 2.45) is 5.92 Å². The van der Waals surface area contributed by atoms with E-state index in [9.17, 15) is 4.79 Å². The van der Waals surface area contributed by atoms with Gasteiger partial charge in [-0.1, -0.05) is 40.3 Å². The van der Waals surface area contributed by atoms with Crippen LogP contribution in [-0.4, -0.2) is 19.5 Å². The van der Waals surface area contributed by atoms with Crippen LogP contribution in [0.3, 0.4) is 0 Å². The maximum atomic E-state index is 11.2. The maximum absolute atomic E-state index is 11.2. The topological polar surface area (TPSA) is 41.1 Å². The minimum Gasteiger partial charge on any atom is -0.394 e. The average Bonchev–Trinajstić information content (AvgIpc) is 2.26. The van der Waals surface area contributed by atoms with Crippen LogP contribution in [-0.2, 0) is 4.79 Å². The highest BCUT2D eigenvalue weighted by Gasteiger charge is 2.05. The second-order valence-electron chi connectivity index (χ2n) is 3.08. The Labute approximate surface area is 93.6 Å². The molecule has 0 aliphatic carbocycles. The van der Waals surface area contributed by atoms with E-state index < -0.39 is 0 Å². The second kappa shape index (κ2) is 10.8. The van der Waals surface area contributed by atoms with E-state index >= 15 is 0 Å². The highest BCUT2D eigenvalue weighted by molar-refractivity contribution is 5.78. The molecule has 0 atom stereocenters. The molecule has 3 nitrogen and oxygen atoms in total. The van der Waals surface area contributed by atoms with E-state index in [0.29, 0.717) is 6.54 Å². The van der Waals surface area contributed by atoms with Crippen LogP contribution in [0.2, 0.25) is 0 Å². The number of hydrogen-bond donors (Lipinski definition) is 2. The van der Waals surface area contributed by atoms with E-state index in [1.807, 2.05) is 40.9 Å². The Morgan fingerprint density at radius 1 is 1.40 bits per heavy atom. The summed E-state index contributed by atoms with van der Waals surface area (Å²) in [5.41, 5.74) is 0.969. The van der Waals surface area contributed by atoms with Gasteiger partial charge in [-0.05, 0) is 5.57 Å². The van der Waals surface area contributed by atoms with Gasteiger partial charge in [0, 0.05) is 25.7 Å². The Kier molecular flexibility index (Phi) is 11.7. The van der Waals surface area contributed by atoms with Gasteiger partial charge in [-0.15, -0.1) is 0 Å². The van der Waals surface area contributed by atoms with E-state index in [1.54, 1.807) is 6.08 Å². The Morgan fingerprint density at radius 2 is 1.93 bits per heavy atom. The van der Waals surface area contributed by atoms with Crippen LogP contribution in [0.5, 0.6) is 0 Å². The van der Waals surface area contributed by atoms with E-state index in [2.05, 4.69) is 17.2 Å². The lowest BCUT2D eigenvalue weighted by Crippen LogP contribution is -2.29. The Morgan fingerprint density at radius 3 is 2.27 bits per heavy atom. The van der Waals surface area contributed by atoms with Gasteiger partial charge in [0.15, 0.2) is 0 Å². The van der Waals surface area contributed by atoms with Crippen LogP contribution < -0.4 is 10.6 Å². The molecule has 0 heterocycles. The summed E-state index contributed by atoms with van der Waals surface area (Å²) in [5.74, 6) is 0.0875. The van der Waals surface area contributed by atoms with Crippen molar-refractivity contribution in [2.75, 3.05) is 13.6 Å². The standard InChI is InChI=1S/C10H18N2O.C2H6/c1-5-9(6-11-4)7-12-10(13)8(2)3;1-2/h5-6,8,11H,1,7H2,2-4H3,(H,12,13);1-2H3/b9-6+;. The number of carbonyl (C=O) groups excluding carboxylic acids is 1. The van der Waals surface area contributed by atoms with Crippen molar-refractivity contribution in [1.29, 1.82) is 0 Å². The highest BCUT2D eigenvalue weighted by Crippen LogP contribution is 1.94. The lowest BCUT2D eigenvalue weighted by atomic mass is 10.2. The molecule has 0 spiro atoms. The van der Waals surface area contributed by atoms with Crippen LogP contribution in [0.1, 0.15) is 27.7 Å². The molecule has 15 heavy (non-hydrogen) atoms. The van der Waals surface area contributed by atoms with Crippen LogP contribution in [0, 0.1) is 5.92 Å². The molecular weight excluding hydrogens is 188 g/mol. The Hall–Kier alpha value is -1.25. The fourth-order valence-electron chi connectivity index (χ4n) is 0.761. The molecule has 0 saturated carbocycles. The van der Waals surface area contributed by atoms with Gasteiger partial charge in [-0.25, -0.2) is 0 Å². The van der Waals surface area contributed by atoms with Crippen molar-refractivity contribution in [3.8, 4) is 0 Å². The number of nitrogens with one attached hydrogen (secondary N) is 2. The Balaban J connectivity index is 0. The molecule has 88 valence electrons. The van der Waals surface area contributed by atoms with Gasteiger partial charge in [0.1, 0.15) is 0 Å². The summed E-state index contributed by atoms with van der Waals surface area (Å²) in [6, 6.07) is 0. The van der Waals surface area contributed by atoms with Crippen LogP contribution >= 0.6 is 0 Å². The minimum absolute atomic E-state index is 0.0284. The normalized spacial score (nSPS) is 10.1. The zero-order valence-electron chi connectivity index (χ0n) is 10.6. The molecule has 0 unspecified atom stereocenters. The third-order valence-corrected chi connectivity index (χ3v) is 1.58. The number of hydrogen-bond acceptors (Lipinski definition) is 2. The molecule has 1 amide bonds. The third kappa shape index (κ3) is 9.06. The van der Waals surface area contributed by atoms with Gasteiger partial charge < -0.3 is 10.6 Å². The van der Waals surface area contributed by atoms with Crippen molar-refractivity contribution in [3.05, 3.63) is 24.4 Å². The monoisotopic (exact) mass is 212 g/mol. The zero-order valence-corrected chi connectivity index (χ0v) is 10.6. The lowest BCUT2D eigenvalue weighted by molar-refractivity contribution is -0.123. The molecule has 0 aromatic heterocycles. The summed E-state index contributed by atoms with van der Waals surface area (Å²) in [6.45, 7) is 11.9. The fourth-order valence-corrected chi connectivity index (χ4v) is 0.761. The summed E-state index contributed by atoms with van der Waals surface area (Å²) in [4.78, 5) is 11.2. The second-order valence-corrected chi connectivity index (χ2v) is 3.08. The lowest BCUT2D eigenvalue weighted by Gasteiger charge is -2.07. The van der Waals surface area contributed by atoms with Crippen molar-refractivity contribution in [1.82, 2.24) is 10.6 Å². The first-order valence-electron chi connectivity index (χ1n) is 5.38. The van der Waals surface area contributed by atoms with Crippen LogP contribution in [0.15, 0.2) is 24.4 Å². The average molecular weight is 212 g/mol. The van der Waals surface area contributed by atoms with Gasteiger partial charge in [-0.2, -0.15) is 0 Å². The first kappa shape index (κ1) is 16.2. The zero-order chi connectivity index (χ0) is 12.3. The van der Waals surface area contributed by atoms with Crippen molar-refractivity contribution < 1.29 is 4.79 Å². The fraction of sp³-hybridized carbons (Fsp3) is 0.583. The highest BCUT2D eigenvalue weighted by atomic mass is 16.1. The molecule has 0 aliphatic rings. The predicted molar refractivity (Wildman–Crippen MR) is 66.5 cm³/mol. The summed E-state index contributed by atoms with van der Waals surface area (Å²) in [7, 11) is 1.81. The van der Waals surface area contributed by atoms with Gasteiger partial charge in [0.2, 0.25) is 5.91 Å². The molecule has 2 N–H and O–H groups in total. The predicted octanol–water partition coefficient (Wildman–Crippen LogP) is 2.07. The largest absolute Gasteiger partial charge is 0.394 e. The SMILES string of the molecule is C=C/C(=C\NC)CNC(=O)C(C)C.CC. The van der Waals surface area contributed by atoms with E-state index in [0.717, 1.165) is 5.57 Å². The molecule has 0 radical (unpaired) electrons. The Bertz CT molecular complexity index is 208. The molecule has 0 fully saturated rings. The number of carbonyl (C=O) groups is 1. The third-order valence-electron chi connectivity index (χ3n) is 1.58. The van der Waals surface area contributed by atoms with Gasteiger partial charge >= 0.3 is 0 Å². The van der Waals surface area contributed by atoms with Gasteiger partial charge in [0.05, 0.1) is 0 Å². The van der Waals surface area contributed by atoms with Crippen LogP contribution in [0.25, 0.3) is 0 Å². The van der Waals surface area contributed by atoms with Crippen LogP contribution in [0.4, 0.5) is 0 Å². The van der Waals surface area contributed by atoms with Crippen molar-refractivity contribution in [2.45, 2.75) is 27.7 Å². The molecule has 0 bridgehead atoms. The molecule has 0 saturated heterocycles. The number of rotatable bonds is 5. The summed E-state index contributed by atoms with van der Waals surface area (Å²) >= 11 is 0. The molecule has 0 rings (SSSR count). The summed E-state index contributed by atoms with van der Waals surface area (Å²) < 4.78 is 0. The quantitative estimate of drug-likeness (QED) is 0.685. The van der Waals surface area contributed by atoms with E-state index in [4.69, 9.17) is 0 Å². The first-order chi connectivity index (χ1) is 7.11. The van der Waals surface area contributed by atoms with Gasteiger partial charge in [0.25, 0.3) is 0 Å². The molecule has 3 heteroatoms. The number of amides is 1. The molecule has 0 aliphatic heterocycles. The molecular formula is C12H24N2O. The summed E-state index contributed by atoms with van der Waals surface area (Å²) in [5, 5.41) is 5.69. The van der Waals surface area contributed by atoms with E-state index in [-0.39, 0.29) is 11.8 Å². The minimum atomic E-state index is 0.0284.